The number of ketones is 1. The third kappa shape index (κ3) is 12.3. The van der Waals surface area contributed by atoms with Gasteiger partial charge < -0.3 is 4.74 Å². The third-order valence-electron chi connectivity index (χ3n) is 6.94. The molecule has 0 amide bonds. The minimum absolute atomic E-state index is 0.236. The molecule has 1 aliphatic carbocycles. The van der Waals surface area contributed by atoms with Crippen molar-refractivity contribution < 1.29 is 9.53 Å². The minimum Gasteiger partial charge on any atom is -0.379 e. The summed E-state index contributed by atoms with van der Waals surface area (Å²) in [4.78, 5) is 12.0. The zero-order chi connectivity index (χ0) is 22.2. The van der Waals surface area contributed by atoms with E-state index in [0.29, 0.717) is 11.9 Å². The number of allylic oxidation sites excluding steroid dienone is 2. The van der Waals surface area contributed by atoms with E-state index in [-0.39, 0.29) is 5.41 Å². The van der Waals surface area contributed by atoms with Crippen molar-refractivity contribution in [1.82, 2.24) is 0 Å². The molecule has 0 saturated carbocycles. The molecular formula is C28H52O2. The second-order valence-corrected chi connectivity index (χ2v) is 10.5. The number of rotatable bonds is 18. The lowest BCUT2D eigenvalue weighted by atomic mass is 9.70. The predicted molar refractivity (Wildman–Crippen MR) is 131 cm³/mol. The lowest BCUT2D eigenvalue weighted by Gasteiger charge is -2.34. The fourth-order valence-electron chi connectivity index (χ4n) is 4.81. The van der Waals surface area contributed by atoms with Gasteiger partial charge in [0.2, 0.25) is 0 Å². The lowest BCUT2D eigenvalue weighted by Crippen LogP contribution is -2.25. The Morgan fingerprint density at radius 1 is 0.767 bits per heavy atom. The van der Waals surface area contributed by atoms with E-state index in [4.69, 9.17) is 4.74 Å². The Hall–Kier alpha value is -0.630. The summed E-state index contributed by atoms with van der Waals surface area (Å²) in [5, 5.41) is 0. The SMILES string of the molecule is CC1=C(CCCCCCCCCCCCCCCCOC(C)C)C(C)(C)CCC1=O. The van der Waals surface area contributed by atoms with Gasteiger partial charge in [-0.15, -0.1) is 0 Å². The normalized spacial score (nSPS) is 16.7. The maximum Gasteiger partial charge on any atom is 0.158 e. The van der Waals surface area contributed by atoms with Crippen LogP contribution in [0.1, 0.15) is 144 Å². The average Bonchev–Trinajstić information content (AvgIpc) is 2.69. The van der Waals surface area contributed by atoms with Crippen molar-refractivity contribution in [1.29, 1.82) is 0 Å². The molecule has 0 aliphatic heterocycles. The molecule has 2 heteroatoms. The quantitative estimate of drug-likeness (QED) is 0.207. The Kier molecular flexibility index (Phi) is 14.7. The van der Waals surface area contributed by atoms with Gasteiger partial charge in [0.25, 0.3) is 0 Å². The monoisotopic (exact) mass is 420 g/mol. The molecular weight excluding hydrogens is 368 g/mol. The van der Waals surface area contributed by atoms with E-state index in [1.54, 1.807) is 0 Å². The first kappa shape index (κ1) is 27.4. The number of ether oxygens (including phenoxy) is 1. The summed E-state index contributed by atoms with van der Waals surface area (Å²) < 4.78 is 5.59. The van der Waals surface area contributed by atoms with Gasteiger partial charge in [0.05, 0.1) is 6.10 Å². The Balaban J connectivity index is 1.87. The second-order valence-electron chi connectivity index (χ2n) is 10.5. The molecule has 0 fully saturated rings. The van der Waals surface area contributed by atoms with Gasteiger partial charge in [0.15, 0.2) is 5.78 Å². The van der Waals surface area contributed by atoms with Crippen LogP contribution >= 0.6 is 0 Å². The number of unbranched alkanes of at least 4 members (excludes halogenated alkanes) is 13. The van der Waals surface area contributed by atoms with Crippen molar-refractivity contribution in [3.63, 3.8) is 0 Å². The van der Waals surface area contributed by atoms with Gasteiger partial charge in [0, 0.05) is 13.0 Å². The molecule has 0 saturated heterocycles. The van der Waals surface area contributed by atoms with Gasteiger partial charge in [-0.05, 0) is 57.4 Å². The molecule has 176 valence electrons. The number of hydrogen-bond acceptors (Lipinski definition) is 2. The van der Waals surface area contributed by atoms with E-state index in [0.717, 1.165) is 31.4 Å². The van der Waals surface area contributed by atoms with Crippen LogP contribution in [-0.2, 0) is 9.53 Å². The zero-order valence-electron chi connectivity index (χ0n) is 21.1. The van der Waals surface area contributed by atoms with Gasteiger partial charge in [-0.3, -0.25) is 4.79 Å². The summed E-state index contributed by atoms with van der Waals surface area (Å²) in [6.07, 6.45) is 22.5. The van der Waals surface area contributed by atoms with Gasteiger partial charge in [0.1, 0.15) is 0 Å². The highest BCUT2D eigenvalue weighted by Gasteiger charge is 2.31. The van der Waals surface area contributed by atoms with Crippen LogP contribution in [0.5, 0.6) is 0 Å². The van der Waals surface area contributed by atoms with E-state index in [1.807, 2.05) is 0 Å². The molecule has 1 rings (SSSR count). The van der Waals surface area contributed by atoms with Crippen molar-refractivity contribution in [3.8, 4) is 0 Å². The Labute approximate surface area is 188 Å². The standard InChI is InChI=1S/C28H52O2/c1-24(2)30-23-19-17-15-13-11-9-7-6-8-10-12-14-16-18-20-26-25(3)27(29)21-22-28(26,4)5/h24H,6-23H2,1-5H3. The molecule has 0 bridgehead atoms. The van der Waals surface area contributed by atoms with Crippen LogP contribution in [0, 0.1) is 5.41 Å². The molecule has 0 aromatic carbocycles. The van der Waals surface area contributed by atoms with Crippen LogP contribution in [0.2, 0.25) is 0 Å². The molecule has 0 unspecified atom stereocenters. The number of Topliss-reactive ketones (excluding diaryl/α,β-unsaturated/α-hetero) is 1. The Morgan fingerprint density at radius 3 is 1.67 bits per heavy atom. The van der Waals surface area contributed by atoms with Gasteiger partial charge in [-0.1, -0.05) is 96.5 Å². The first-order valence-corrected chi connectivity index (χ1v) is 13.2. The molecule has 0 heterocycles. The van der Waals surface area contributed by atoms with Gasteiger partial charge in [-0.25, -0.2) is 0 Å². The number of carbonyl (C=O) groups is 1. The van der Waals surface area contributed by atoms with Gasteiger partial charge >= 0.3 is 0 Å². The summed E-state index contributed by atoms with van der Waals surface area (Å²) in [5.41, 5.74) is 2.76. The summed E-state index contributed by atoms with van der Waals surface area (Å²) in [6, 6.07) is 0. The van der Waals surface area contributed by atoms with E-state index < -0.39 is 0 Å². The fourth-order valence-corrected chi connectivity index (χ4v) is 4.81. The molecule has 0 atom stereocenters. The molecule has 0 radical (unpaired) electrons. The highest BCUT2D eigenvalue weighted by atomic mass is 16.5. The lowest BCUT2D eigenvalue weighted by molar-refractivity contribution is -0.116. The highest BCUT2D eigenvalue weighted by molar-refractivity contribution is 5.96. The van der Waals surface area contributed by atoms with Crippen molar-refractivity contribution >= 4 is 5.78 Å². The van der Waals surface area contributed by atoms with Crippen LogP contribution in [0.4, 0.5) is 0 Å². The highest BCUT2D eigenvalue weighted by Crippen LogP contribution is 2.41. The number of hydrogen-bond donors (Lipinski definition) is 0. The Morgan fingerprint density at radius 2 is 1.20 bits per heavy atom. The maximum absolute atomic E-state index is 12.0. The van der Waals surface area contributed by atoms with Gasteiger partial charge in [-0.2, -0.15) is 0 Å². The summed E-state index contributed by atoms with van der Waals surface area (Å²) >= 11 is 0. The van der Waals surface area contributed by atoms with Crippen LogP contribution in [0.15, 0.2) is 11.1 Å². The van der Waals surface area contributed by atoms with E-state index >= 15 is 0 Å². The zero-order valence-corrected chi connectivity index (χ0v) is 21.1. The molecule has 2 nitrogen and oxygen atoms in total. The van der Waals surface area contributed by atoms with E-state index in [2.05, 4.69) is 34.6 Å². The molecule has 0 N–H and O–H groups in total. The summed E-state index contributed by atoms with van der Waals surface area (Å²) in [7, 11) is 0. The first-order chi connectivity index (χ1) is 14.3. The van der Waals surface area contributed by atoms with Crippen molar-refractivity contribution in [2.24, 2.45) is 5.41 Å². The van der Waals surface area contributed by atoms with Crippen LogP contribution in [0.25, 0.3) is 0 Å². The predicted octanol–water partition coefficient (Wildman–Crippen LogP) is 8.97. The molecule has 30 heavy (non-hydrogen) atoms. The van der Waals surface area contributed by atoms with Crippen molar-refractivity contribution in [3.05, 3.63) is 11.1 Å². The van der Waals surface area contributed by atoms with Crippen molar-refractivity contribution in [2.75, 3.05) is 6.61 Å². The topological polar surface area (TPSA) is 26.3 Å². The second kappa shape index (κ2) is 16.1. The smallest absolute Gasteiger partial charge is 0.158 e. The summed E-state index contributed by atoms with van der Waals surface area (Å²) in [6.45, 7) is 11.9. The first-order valence-electron chi connectivity index (χ1n) is 13.2. The van der Waals surface area contributed by atoms with E-state index in [1.165, 1.54) is 95.5 Å². The fraction of sp³-hybridized carbons (Fsp3) is 0.893. The van der Waals surface area contributed by atoms with Crippen LogP contribution < -0.4 is 0 Å². The van der Waals surface area contributed by atoms with E-state index in [9.17, 15) is 4.79 Å². The Bertz CT molecular complexity index is 487. The summed E-state index contributed by atoms with van der Waals surface area (Å²) in [5.74, 6) is 0.389. The van der Waals surface area contributed by atoms with Crippen LogP contribution in [0.3, 0.4) is 0 Å². The minimum atomic E-state index is 0.236. The maximum atomic E-state index is 12.0. The molecule has 0 spiro atoms. The van der Waals surface area contributed by atoms with Crippen LogP contribution in [-0.4, -0.2) is 18.5 Å². The molecule has 0 aromatic heterocycles. The average molecular weight is 421 g/mol. The van der Waals surface area contributed by atoms with Crippen molar-refractivity contribution in [2.45, 2.75) is 150 Å². The largest absolute Gasteiger partial charge is 0.379 e. The molecule has 1 aliphatic rings. The number of carbonyl (C=O) groups excluding carboxylic acids is 1. The molecule has 0 aromatic rings. The third-order valence-corrected chi connectivity index (χ3v) is 6.94.